The van der Waals surface area contributed by atoms with E-state index in [-0.39, 0.29) is 18.8 Å². The molecule has 1 saturated carbocycles. The van der Waals surface area contributed by atoms with Crippen molar-refractivity contribution >= 4 is 0 Å². The van der Waals surface area contributed by atoms with Crippen LogP contribution in [0.15, 0.2) is 0 Å². The lowest BCUT2D eigenvalue weighted by atomic mass is 9.79. The number of hydrogen-bond acceptors (Lipinski definition) is 2. The third kappa shape index (κ3) is 6.10. The van der Waals surface area contributed by atoms with Gasteiger partial charge in [-0.3, -0.25) is 0 Å². The molecule has 1 rings (SSSR count). The second-order valence-electron chi connectivity index (χ2n) is 6.02. The minimum atomic E-state index is -2.51. The fourth-order valence-electron chi connectivity index (χ4n) is 2.83. The first kappa shape index (κ1) is 15.8. The molecule has 1 aliphatic rings. The van der Waals surface area contributed by atoms with Crippen molar-refractivity contribution in [2.24, 2.45) is 5.92 Å². The largest absolute Gasteiger partial charge is 0.390 e. The minimum Gasteiger partial charge on any atom is -0.390 e. The van der Waals surface area contributed by atoms with Crippen molar-refractivity contribution in [2.75, 3.05) is 13.1 Å². The molecule has 0 amide bonds. The van der Waals surface area contributed by atoms with Crippen molar-refractivity contribution in [2.45, 2.75) is 70.3 Å². The molecule has 108 valence electrons. The first-order valence-electron chi connectivity index (χ1n) is 7.15. The van der Waals surface area contributed by atoms with E-state index in [2.05, 4.69) is 12.2 Å². The normalized spacial score (nSPS) is 26.8. The Hall–Kier alpha value is -0.220. The van der Waals surface area contributed by atoms with Gasteiger partial charge in [0.2, 0.25) is 5.92 Å². The maximum absolute atomic E-state index is 13.3. The van der Waals surface area contributed by atoms with Crippen molar-refractivity contribution in [3.8, 4) is 0 Å². The zero-order chi connectivity index (χ0) is 13.6. The molecule has 0 aromatic carbocycles. The molecular formula is C14H27F2NO. The van der Waals surface area contributed by atoms with E-state index in [4.69, 9.17) is 0 Å². The quantitative estimate of drug-likeness (QED) is 0.690. The monoisotopic (exact) mass is 263 g/mol. The molecule has 0 spiro atoms. The smallest absolute Gasteiger partial charge is 0.248 e. The third-order valence-electron chi connectivity index (χ3n) is 3.74. The Morgan fingerprint density at radius 1 is 1.39 bits per heavy atom. The summed E-state index contributed by atoms with van der Waals surface area (Å²) < 4.78 is 26.6. The lowest BCUT2D eigenvalue weighted by Crippen LogP contribution is -2.35. The number of halogens is 2. The number of aliphatic hydroxyl groups is 1. The maximum Gasteiger partial charge on any atom is 0.248 e. The molecule has 0 saturated heterocycles. The molecule has 2 unspecified atom stereocenters. The Bertz CT molecular complexity index is 244. The van der Waals surface area contributed by atoms with Crippen LogP contribution in [0.1, 0.15) is 58.8 Å². The molecule has 0 aromatic heterocycles. The van der Waals surface area contributed by atoms with Gasteiger partial charge in [0.05, 0.1) is 5.60 Å². The van der Waals surface area contributed by atoms with Gasteiger partial charge in [-0.15, -0.1) is 0 Å². The topological polar surface area (TPSA) is 32.3 Å². The van der Waals surface area contributed by atoms with Crippen LogP contribution in [0, 0.1) is 5.92 Å². The van der Waals surface area contributed by atoms with E-state index in [9.17, 15) is 13.9 Å². The van der Waals surface area contributed by atoms with Crippen LogP contribution in [0.2, 0.25) is 0 Å². The Kier molecular flexibility index (Phi) is 5.99. The summed E-state index contributed by atoms with van der Waals surface area (Å²) in [7, 11) is 0. The van der Waals surface area contributed by atoms with Gasteiger partial charge in [0.15, 0.2) is 0 Å². The Morgan fingerprint density at radius 3 is 2.72 bits per heavy atom. The van der Waals surface area contributed by atoms with Gasteiger partial charge < -0.3 is 10.4 Å². The van der Waals surface area contributed by atoms with E-state index in [0.717, 1.165) is 25.9 Å². The van der Waals surface area contributed by atoms with E-state index < -0.39 is 11.5 Å². The van der Waals surface area contributed by atoms with E-state index in [0.29, 0.717) is 19.3 Å². The lowest BCUT2D eigenvalue weighted by Gasteiger charge is -2.34. The minimum absolute atomic E-state index is 0.0176. The number of hydrogen-bond donors (Lipinski definition) is 2. The summed E-state index contributed by atoms with van der Waals surface area (Å²) >= 11 is 0. The van der Waals surface area contributed by atoms with Crippen LogP contribution in [-0.2, 0) is 0 Å². The van der Waals surface area contributed by atoms with Crippen molar-refractivity contribution in [1.82, 2.24) is 5.32 Å². The molecule has 4 heteroatoms. The molecule has 18 heavy (non-hydrogen) atoms. The molecule has 1 fully saturated rings. The summed E-state index contributed by atoms with van der Waals surface area (Å²) in [6.45, 7) is 5.56. The maximum atomic E-state index is 13.3. The average Bonchev–Trinajstić information content (AvgIpc) is 2.22. The van der Waals surface area contributed by atoms with Crippen molar-refractivity contribution in [1.29, 1.82) is 0 Å². The van der Waals surface area contributed by atoms with Gasteiger partial charge >= 0.3 is 0 Å². The van der Waals surface area contributed by atoms with Gasteiger partial charge in [-0.2, -0.15) is 0 Å². The summed E-state index contributed by atoms with van der Waals surface area (Å²) in [5.74, 6) is -2.55. The standard InChI is InChI=1S/C14H27F2NO/c1-3-8-17-9-7-13(2,18)10-12-5-4-6-14(15,16)11-12/h12,17-18H,3-11H2,1-2H3. The van der Waals surface area contributed by atoms with Gasteiger partial charge in [-0.05, 0) is 58.0 Å². The lowest BCUT2D eigenvalue weighted by molar-refractivity contribution is -0.0691. The summed E-state index contributed by atoms with van der Waals surface area (Å²) in [6, 6.07) is 0. The van der Waals surface area contributed by atoms with Gasteiger partial charge in [0, 0.05) is 12.8 Å². The fraction of sp³-hybridized carbons (Fsp3) is 1.00. The number of alkyl halides is 2. The summed E-state index contributed by atoms with van der Waals surface area (Å²) in [6.07, 6.45) is 3.58. The molecule has 0 aliphatic heterocycles. The fourth-order valence-corrected chi connectivity index (χ4v) is 2.83. The first-order chi connectivity index (χ1) is 8.35. The molecule has 0 bridgehead atoms. The van der Waals surface area contributed by atoms with Crippen LogP contribution in [0.5, 0.6) is 0 Å². The van der Waals surface area contributed by atoms with Crippen molar-refractivity contribution < 1.29 is 13.9 Å². The number of rotatable bonds is 7. The van der Waals surface area contributed by atoms with Crippen molar-refractivity contribution in [3.05, 3.63) is 0 Å². The first-order valence-corrected chi connectivity index (χ1v) is 7.15. The summed E-state index contributed by atoms with van der Waals surface area (Å²) in [4.78, 5) is 0. The highest BCUT2D eigenvalue weighted by atomic mass is 19.3. The second-order valence-corrected chi connectivity index (χ2v) is 6.02. The van der Waals surface area contributed by atoms with Gasteiger partial charge in [0.1, 0.15) is 0 Å². The van der Waals surface area contributed by atoms with Crippen LogP contribution in [0.3, 0.4) is 0 Å². The zero-order valence-electron chi connectivity index (χ0n) is 11.6. The highest BCUT2D eigenvalue weighted by Crippen LogP contribution is 2.40. The van der Waals surface area contributed by atoms with Crippen LogP contribution >= 0.6 is 0 Å². The number of nitrogens with one attached hydrogen (secondary N) is 1. The summed E-state index contributed by atoms with van der Waals surface area (Å²) in [5, 5.41) is 13.5. The molecular weight excluding hydrogens is 236 g/mol. The van der Waals surface area contributed by atoms with E-state index in [1.54, 1.807) is 6.92 Å². The highest BCUT2D eigenvalue weighted by molar-refractivity contribution is 4.84. The van der Waals surface area contributed by atoms with Crippen LogP contribution in [0.4, 0.5) is 8.78 Å². The Labute approximate surface area is 109 Å². The molecule has 0 heterocycles. The van der Waals surface area contributed by atoms with Gasteiger partial charge in [0.25, 0.3) is 0 Å². The van der Waals surface area contributed by atoms with Gasteiger partial charge in [-0.1, -0.05) is 6.92 Å². The van der Waals surface area contributed by atoms with E-state index in [1.165, 1.54) is 0 Å². The van der Waals surface area contributed by atoms with Gasteiger partial charge in [-0.25, -0.2) is 8.78 Å². The predicted octanol–water partition coefficient (Wildman–Crippen LogP) is 3.34. The Balaban J connectivity index is 2.30. The van der Waals surface area contributed by atoms with Crippen LogP contribution in [0.25, 0.3) is 0 Å². The molecule has 1 aliphatic carbocycles. The highest BCUT2D eigenvalue weighted by Gasteiger charge is 2.38. The Morgan fingerprint density at radius 2 is 2.11 bits per heavy atom. The molecule has 0 radical (unpaired) electrons. The second kappa shape index (κ2) is 6.80. The van der Waals surface area contributed by atoms with Crippen molar-refractivity contribution in [3.63, 3.8) is 0 Å². The molecule has 0 aromatic rings. The third-order valence-corrected chi connectivity index (χ3v) is 3.74. The summed E-state index contributed by atoms with van der Waals surface area (Å²) in [5.41, 5.74) is -0.821. The zero-order valence-corrected chi connectivity index (χ0v) is 11.6. The predicted molar refractivity (Wildman–Crippen MR) is 69.9 cm³/mol. The SMILES string of the molecule is CCCNCCC(C)(O)CC1CCCC(F)(F)C1. The van der Waals surface area contributed by atoms with Crippen LogP contribution in [-0.4, -0.2) is 29.7 Å². The average molecular weight is 263 g/mol. The molecule has 2 N–H and O–H groups in total. The van der Waals surface area contributed by atoms with E-state index in [1.807, 2.05) is 0 Å². The van der Waals surface area contributed by atoms with E-state index >= 15 is 0 Å². The van der Waals surface area contributed by atoms with Crippen LogP contribution < -0.4 is 5.32 Å². The molecule has 2 nitrogen and oxygen atoms in total. The molecule has 2 atom stereocenters.